The van der Waals surface area contributed by atoms with Crippen molar-refractivity contribution in [3.8, 4) is 5.75 Å². The van der Waals surface area contributed by atoms with Crippen molar-refractivity contribution < 1.29 is 13.9 Å². The molecule has 0 amide bonds. The Bertz CT molecular complexity index is 289. The van der Waals surface area contributed by atoms with Gasteiger partial charge in [-0.1, -0.05) is 0 Å². The summed E-state index contributed by atoms with van der Waals surface area (Å²) in [7, 11) is 0. The van der Waals surface area contributed by atoms with Gasteiger partial charge in [-0.15, -0.1) is 0 Å². The highest BCUT2D eigenvalue weighted by Crippen LogP contribution is 2.25. The zero-order valence-corrected chi connectivity index (χ0v) is 7.00. The minimum absolute atomic E-state index is 0.0230. The number of nitrogens with two attached hydrogens (primary N) is 1. The van der Waals surface area contributed by atoms with Crippen molar-refractivity contribution in [1.82, 2.24) is 0 Å². The quantitative estimate of drug-likeness (QED) is 0.758. The molecule has 0 saturated carbocycles. The summed E-state index contributed by atoms with van der Waals surface area (Å²) in [6.45, 7) is 0.334. The molecule has 0 saturated heterocycles. The lowest BCUT2D eigenvalue weighted by Crippen LogP contribution is -2.03. The summed E-state index contributed by atoms with van der Waals surface area (Å²) in [5, 5.41) is 9.25. The van der Waals surface area contributed by atoms with E-state index < -0.39 is 6.43 Å². The van der Waals surface area contributed by atoms with E-state index in [9.17, 15) is 13.9 Å². The van der Waals surface area contributed by atoms with Gasteiger partial charge in [-0.05, 0) is 36.7 Å². The first-order chi connectivity index (χ1) is 6.15. The van der Waals surface area contributed by atoms with Crippen LogP contribution in [0, 0.1) is 0 Å². The molecule has 0 aliphatic carbocycles. The third-order valence-electron chi connectivity index (χ3n) is 1.77. The zero-order valence-electron chi connectivity index (χ0n) is 7.00. The van der Waals surface area contributed by atoms with Crippen LogP contribution in [0.3, 0.4) is 0 Å². The van der Waals surface area contributed by atoms with Gasteiger partial charge >= 0.3 is 0 Å². The molecule has 4 heteroatoms. The van der Waals surface area contributed by atoms with Crippen molar-refractivity contribution in [2.45, 2.75) is 12.8 Å². The monoisotopic (exact) mass is 187 g/mol. The minimum Gasteiger partial charge on any atom is -0.508 e. The lowest BCUT2D eigenvalue weighted by atomic mass is 10.1. The smallest absolute Gasteiger partial charge is 0.263 e. The van der Waals surface area contributed by atoms with Crippen molar-refractivity contribution >= 4 is 0 Å². The number of phenols is 1. The fraction of sp³-hybridized carbons (Fsp3) is 0.333. The molecule has 0 aliphatic heterocycles. The number of halogens is 2. The van der Waals surface area contributed by atoms with Gasteiger partial charge < -0.3 is 10.8 Å². The molecule has 0 heterocycles. The van der Waals surface area contributed by atoms with Crippen LogP contribution in [0.2, 0.25) is 0 Å². The van der Waals surface area contributed by atoms with Crippen LogP contribution in [0.5, 0.6) is 5.75 Å². The maximum Gasteiger partial charge on any atom is 0.263 e. The molecular weight excluding hydrogens is 176 g/mol. The van der Waals surface area contributed by atoms with E-state index in [1.165, 1.54) is 18.2 Å². The first-order valence-electron chi connectivity index (χ1n) is 3.95. The molecule has 13 heavy (non-hydrogen) atoms. The SMILES string of the molecule is NCCc1cc(C(F)F)ccc1O. The van der Waals surface area contributed by atoms with Gasteiger partial charge in [-0.25, -0.2) is 8.78 Å². The Hall–Kier alpha value is -1.16. The van der Waals surface area contributed by atoms with Crippen LogP contribution in [0.1, 0.15) is 17.6 Å². The van der Waals surface area contributed by atoms with Gasteiger partial charge in [0.15, 0.2) is 0 Å². The summed E-state index contributed by atoms with van der Waals surface area (Å²) < 4.78 is 24.4. The van der Waals surface area contributed by atoms with Crippen LogP contribution in [0.25, 0.3) is 0 Å². The van der Waals surface area contributed by atoms with E-state index in [4.69, 9.17) is 5.73 Å². The molecule has 0 radical (unpaired) electrons. The number of phenolic OH excluding ortho intramolecular Hbond substituents is 1. The Morgan fingerprint density at radius 3 is 2.62 bits per heavy atom. The summed E-state index contributed by atoms with van der Waals surface area (Å²) in [6.07, 6.45) is -2.09. The molecule has 0 unspecified atom stereocenters. The molecule has 1 aromatic rings. The van der Waals surface area contributed by atoms with Crippen LogP contribution < -0.4 is 5.73 Å². The van der Waals surface area contributed by atoms with Crippen LogP contribution in [-0.4, -0.2) is 11.7 Å². The highest BCUT2D eigenvalue weighted by atomic mass is 19.3. The Labute approximate surface area is 75.0 Å². The molecule has 1 rings (SSSR count). The molecule has 0 aliphatic rings. The average molecular weight is 187 g/mol. The third-order valence-corrected chi connectivity index (χ3v) is 1.77. The molecule has 0 bridgehead atoms. The molecule has 0 atom stereocenters. The van der Waals surface area contributed by atoms with Gasteiger partial charge in [0, 0.05) is 5.56 Å². The van der Waals surface area contributed by atoms with Crippen LogP contribution >= 0.6 is 0 Å². The van der Waals surface area contributed by atoms with Gasteiger partial charge in [0.1, 0.15) is 5.75 Å². The number of hydrogen-bond acceptors (Lipinski definition) is 2. The first kappa shape index (κ1) is 9.92. The maximum absolute atomic E-state index is 12.2. The van der Waals surface area contributed by atoms with Gasteiger partial charge in [0.25, 0.3) is 6.43 Å². The molecule has 3 N–H and O–H groups in total. The largest absolute Gasteiger partial charge is 0.508 e. The highest BCUT2D eigenvalue weighted by molar-refractivity contribution is 5.36. The average Bonchev–Trinajstić information content (AvgIpc) is 2.08. The van der Waals surface area contributed by atoms with Gasteiger partial charge in [0.2, 0.25) is 0 Å². The standard InChI is InChI=1S/C9H11F2NO/c10-9(11)7-1-2-8(13)6(5-7)3-4-12/h1-2,5,9,13H,3-4,12H2. The van der Waals surface area contributed by atoms with E-state index in [2.05, 4.69) is 0 Å². The Balaban J connectivity index is 2.97. The number of hydrogen-bond donors (Lipinski definition) is 2. The first-order valence-corrected chi connectivity index (χ1v) is 3.95. The van der Waals surface area contributed by atoms with Crippen LogP contribution in [-0.2, 0) is 6.42 Å². The Morgan fingerprint density at radius 2 is 2.08 bits per heavy atom. The molecule has 2 nitrogen and oxygen atoms in total. The lowest BCUT2D eigenvalue weighted by molar-refractivity contribution is 0.151. The van der Waals surface area contributed by atoms with E-state index in [0.717, 1.165) is 0 Å². The second-order valence-corrected chi connectivity index (χ2v) is 2.73. The van der Waals surface area contributed by atoms with E-state index in [1.807, 2.05) is 0 Å². The third kappa shape index (κ3) is 2.39. The van der Waals surface area contributed by atoms with E-state index in [-0.39, 0.29) is 11.3 Å². The lowest BCUT2D eigenvalue weighted by Gasteiger charge is -2.05. The predicted molar refractivity (Wildman–Crippen MR) is 45.8 cm³/mol. The molecule has 1 aromatic carbocycles. The number of rotatable bonds is 3. The van der Waals surface area contributed by atoms with Crippen molar-refractivity contribution in [2.24, 2.45) is 5.73 Å². The Kier molecular flexibility index (Phi) is 3.19. The van der Waals surface area contributed by atoms with Crippen molar-refractivity contribution in [3.05, 3.63) is 29.3 Å². The second-order valence-electron chi connectivity index (χ2n) is 2.73. The molecular formula is C9H11F2NO. The summed E-state index contributed by atoms with van der Waals surface area (Å²) in [6, 6.07) is 3.76. The summed E-state index contributed by atoms with van der Waals surface area (Å²) in [4.78, 5) is 0. The molecule has 0 spiro atoms. The van der Waals surface area contributed by atoms with E-state index >= 15 is 0 Å². The van der Waals surface area contributed by atoms with Crippen molar-refractivity contribution in [2.75, 3.05) is 6.54 Å². The summed E-state index contributed by atoms with van der Waals surface area (Å²) in [5.74, 6) is 0.0230. The fourth-order valence-electron chi connectivity index (χ4n) is 1.10. The topological polar surface area (TPSA) is 46.2 Å². The summed E-state index contributed by atoms with van der Waals surface area (Å²) in [5.41, 5.74) is 5.65. The minimum atomic E-state index is -2.50. The number of aromatic hydroxyl groups is 1. The van der Waals surface area contributed by atoms with Crippen molar-refractivity contribution in [3.63, 3.8) is 0 Å². The number of benzene rings is 1. The molecule has 0 aromatic heterocycles. The molecule has 72 valence electrons. The van der Waals surface area contributed by atoms with Gasteiger partial charge in [-0.3, -0.25) is 0 Å². The van der Waals surface area contributed by atoms with Crippen molar-refractivity contribution in [1.29, 1.82) is 0 Å². The zero-order chi connectivity index (χ0) is 9.84. The highest BCUT2D eigenvalue weighted by Gasteiger charge is 2.09. The fourth-order valence-corrected chi connectivity index (χ4v) is 1.10. The Morgan fingerprint density at radius 1 is 1.38 bits per heavy atom. The second kappa shape index (κ2) is 4.18. The van der Waals surface area contributed by atoms with Crippen LogP contribution in [0.4, 0.5) is 8.78 Å². The number of alkyl halides is 2. The van der Waals surface area contributed by atoms with E-state index in [0.29, 0.717) is 18.5 Å². The van der Waals surface area contributed by atoms with Gasteiger partial charge in [0.05, 0.1) is 0 Å². The summed E-state index contributed by atoms with van der Waals surface area (Å²) >= 11 is 0. The molecule has 0 fully saturated rings. The van der Waals surface area contributed by atoms with Gasteiger partial charge in [-0.2, -0.15) is 0 Å². The van der Waals surface area contributed by atoms with E-state index in [1.54, 1.807) is 0 Å². The normalized spacial score (nSPS) is 10.8. The van der Waals surface area contributed by atoms with Crippen LogP contribution in [0.15, 0.2) is 18.2 Å². The predicted octanol–water partition coefficient (Wildman–Crippen LogP) is 1.83. The maximum atomic E-state index is 12.2.